The van der Waals surface area contributed by atoms with Crippen LogP contribution in [0.4, 0.5) is 11.9 Å². The predicted molar refractivity (Wildman–Crippen MR) is 74.7 cm³/mol. The van der Waals surface area contributed by atoms with Crippen molar-refractivity contribution in [2.24, 2.45) is 5.92 Å². The van der Waals surface area contributed by atoms with Crippen molar-refractivity contribution in [3.05, 3.63) is 0 Å². The average Bonchev–Trinajstić information content (AvgIpc) is 2.42. The van der Waals surface area contributed by atoms with E-state index in [4.69, 9.17) is 15.2 Å². The molecule has 3 rings (SSSR count). The summed E-state index contributed by atoms with van der Waals surface area (Å²) < 4.78 is 10.9. The lowest BCUT2D eigenvalue weighted by molar-refractivity contribution is 0.122. The number of nitrogens with two attached hydrogens (primary N) is 1. The van der Waals surface area contributed by atoms with Crippen molar-refractivity contribution < 1.29 is 9.47 Å². The third-order valence-corrected chi connectivity index (χ3v) is 3.90. The molecule has 7 nitrogen and oxygen atoms in total. The third kappa shape index (κ3) is 3.27. The summed E-state index contributed by atoms with van der Waals surface area (Å²) in [5.41, 5.74) is 5.73. The number of aromatic nitrogens is 3. The topological polar surface area (TPSA) is 86.4 Å². The van der Waals surface area contributed by atoms with E-state index in [2.05, 4.69) is 15.0 Å². The lowest BCUT2D eigenvalue weighted by Gasteiger charge is -2.27. The van der Waals surface area contributed by atoms with Gasteiger partial charge in [-0.15, -0.1) is 0 Å². The van der Waals surface area contributed by atoms with Gasteiger partial charge in [0.2, 0.25) is 11.9 Å². The molecule has 1 aliphatic carbocycles. The molecular formula is C13H21N5O2. The van der Waals surface area contributed by atoms with Crippen LogP contribution in [0.3, 0.4) is 0 Å². The molecule has 1 aromatic heterocycles. The lowest BCUT2D eigenvalue weighted by Crippen LogP contribution is -2.37. The number of ether oxygens (including phenoxy) is 2. The van der Waals surface area contributed by atoms with Crippen molar-refractivity contribution >= 4 is 11.9 Å². The summed E-state index contributed by atoms with van der Waals surface area (Å²) in [6, 6.07) is 0.332. The van der Waals surface area contributed by atoms with Crippen LogP contribution >= 0.6 is 0 Å². The van der Waals surface area contributed by atoms with Gasteiger partial charge in [0.1, 0.15) is 0 Å². The fourth-order valence-corrected chi connectivity index (χ4v) is 2.43. The number of nitrogen functional groups attached to an aromatic ring is 1. The van der Waals surface area contributed by atoms with E-state index < -0.39 is 0 Å². The van der Waals surface area contributed by atoms with Crippen LogP contribution in [-0.4, -0.2) is 47.9 Å². The fraction of sp³-hybridized carbons (Fsp3) is 0.769. The maximum Gasteiger partial charge on any atom is 0.323 e. The van der Waals surface area contributed by atoms with Crippen LogP contribution < -0.4 is 15.4 Å². The van der Waals surface area contributed by atoms with Crippen LogP contribution in [-0.2, 0) is 4.74 Å². The maximum atomic E-state index is 5.73. The molecule has 2 N–H and O–H groups in total. The number of anilines is 2. The highest BCUT2D eigenvalue weighted by Gasteiger charge is 2.18. The van der Waals surface area contributed by atoms with Gasteiger partial charge in [0.15, 0.2) is 0 Å². The van der Waals surface area contributed by atoms with Gasteiger partial charge in [-0.3, -0.25) is 0 Å². The zero-order valence-corrected chi connectivity index (χ0v) is 11.6. The third-order valence-electron chi connectivity index (χ3n) is 3.90. The molecule has 1 saturated carbocycles. The molecule has 0 bridgehead atoms. The van der Waals surface area contributed by atoms with Crippen molar-refractivity contribution in [1.82, 2.24) is 15.0 Å². The van der Waals surface area contributed by atoms with Gasteiger partial charge in [0, 0.05) is 13.1 Å². The Morgan fingerprint density at radius 3 is 2.70 bits per heavy atom. The predicted octanol–water partition coefficient (Wildman–Crippen LogP) is 0.859. The minimum Gasteiger partial charge on any atom is -0.463 e. The number of morpholine rings is 1. The molecule has 2 heterocycles. The summed E-state index contributed by atoms with van der Waals surface area (Å²) in [5, 5.41) is 0. The van der Waals surface area contributed by atoms with Gasteiger partial charge in [-0.25, -0.2) is 0 Å². The second-order valence-electron chi connectivity index (χ2n) is 5.31. The van der Waals surface area contributed by atoms with Gasteiger partial charge < -0.3 is 20.1 Å². The van der Waals surface area contributed by atoms with Gasteiger partial charge in [0.25, 0.3) is 0 Å². The Morgan fingerprint density at radius 2 is 2.00 bits per heavy atom. The van der Waals surface area contributed by atoms with E-state index in [1.54, 1.807) is 0 Å². The van der Waals surface area contributed by atoms with E-state index in [9.17, 15) is 0 Å². The summed E-state index contributed by atoms with van der Waals surface area (Å²) >= 11 is 0. The summed E-state index contributed by atoms with van der Waals surface area (Å²) in [6.45, 7) is 3.56. The fourth-order valence-electron chi connectivity index (χ4n) is 2.43. The van der Waals surface area contributed by atoms with Gasteiger partial charge in [0.05, 0.1) is 19.8 Å². The van der Waals surface area contributed by atoms with Gasteiger partial charge in [-0.1, -0.05) is 19.3 Å². The summed E-state index contributed by atoms with van der Waals surface area (Å²) in [5.74, 6) is 1.60. The van der Waals surface area contributed by atoms with Crippen LogP contribution in [0.5, 0.6) is 6.01 Å². The molecule has 0 aromatic carbocycles. The second-order valence-corrected chi connectivity index (χ2v) is 5.31. The molecule has 1 saturated heterocycles. The Balaban J connectivity index is 1.59. The summed E-state index contributed by atoms with van der Waals surface area (Å²) in [7, 11) is 0. The Hall–Kier alpha value is -1.63. The molecule has 7 heteroatoms. The Kier molecular flexibility index (Phi) is 4.15. The molecule has 110 valence electrons. The monoisotopic (exact) mass is 279 g/mol. The number of rotatable bonds is 5. The SMILES string of the molecule is Nc1nc(OCCC2CCC2)nc(N2CCOCC2)n1. The smallest absolute Gasteiger partial charge is 0.323 e. The van der Waals surface area contributed by atoms with E-state index in [-0.39, 0.29) is 5.95 Å². The summed E-state index contributed by atoms with van der Waals surface area (Å²) in [6.07, 6.45) is 5.06. The van der Waals surface area contributed by atoms with Crippen LogP contribution in [0.2, 0.25) is 0 Å². The molecule has 2 aliphatic rings. The molecule has 20 heavy (non-hydrogen) atoms. The standard InChI is InChI=1S/C13H21N5O2/c14-11-15-12(18-5-8-19-9-6-18)17-13(16-11)20-7-4-10-2-1-3-10/h10H,1-9H2,(H2,14,15,16,17). The lowest BCUT2D eigenvalue weighted by atomic mass is 9.83. The van der Waals surface area contributed by atoms with Crippen molar-refractivity contribution in [2.75, 3.05) is 43.5 Å². The van der Waals surface area contributed by atoms with E-state index in [1.165, 1.54) is 19.3 Å². The minimum atomic E-state index is 0.208. The van der Waals surface area contributed by atoms with E-state index in [0.717, 1.165) is 25.4 Å². The number of hydrogen-bond donors (Lipinski definition) is 1. The Labute approximate surface area is 118 Å². The molecule has 0 amide bonds. The molecular weight excluding hydrogens is 258 g/mol. The van der Waals surface area contributed by atoms with Gasteiger partial charge in [-0.2, -0.15) is 15.0 Å². The van der Waals surface area contributed by atoms with Crippen LogP contribution in [0, 0.1) is 5.92 Å². The highest BCUT2D eigenvalue weighted by molar-refractivity contribution is 5.36. The Bertz CT molecular complexity index is 446. The van der Waals surface area contributed by atoms with Crippen LogP contribution in [0.25, 0.3) is 0 Å². The minimum absolute atomic E-state index is 0.208. The zero-order chi connectivity index (χ0) is 13.8. The van der Waals surface area contributed by atoms with Crippen LogP contribution in [0.1, 0.15) is 25.7 Å². The van der Waals surface area contributed by atoms with Crippen molar-refractivity contribution in [3.8, 4) is 6.01 Å². The first-order chi connectivity index (χ1) is 9.81. The number of nitrogens with zero attached hydrogens (tertiary/aromatic N) is 4. The first kappa shape index (κ1) is 13.4. The molecule has 0 radical (unpaired) electrons. The number of hydrogen-bond acceptors (Lipinski definition) is 7. The highest BCUT2D eigenvalue weighted by atomic mass is 16.5. The van der Waals surface area contributed by atoms with E-state index in [0.29, 0.717) is 31.8 Å². The van der Waals surface area contributed by atoms with E-state index in [1.807, 2.05) is 4.90 Å². The largest absolute Gasteiger partial charge is 0.463 e. The first-order valence-corrected chi connectivity index (χ1v) is 7.28. The normalized spacial score (nSPS) is 19.7. The van der Waals surface area contributed by atoms with Crippen LogP contribution in [0.15, 0.2) is 0 Å². The average molecular weight is 279 g/mol. The zero-order valence-electron chi connectivity index (χ0n) is 11.6. The maximum absolute atomic E-state index is 5.73. The van der Waals surface area contributed by atoms with Gasteiger partial charge in [-0.05, 0) is 12.3 Å². The molecule has 0 atom stereocenters. The molecule has 1 aliphatic heterocycles. The first-order valence-electron chi connectivity index (χ1n) is 7.28. The Morgan fingerprint density at radius 1 is 1.20 bits per heavy atom. The quantitative estimate of drug-likeness (QED) is 0.855. The molecule has 0 unspecified atom stereocenters. The van der Waals surface area contributed by atoms with Crippen molar-refractivity contribution in [2.45, 2.75) is 25.7 Å². The molecule has 1 aromatic rings. The summed E-state index contributed by atoms with van der Waals surface area (Å²) in [4.78, 5) is 14.6. The van der Waals surface area contributed by atoms with Crippen molar-refractivity contribution in [3.63, 3.8) is 0 Å². The second kappa shape index (κ2) is 6.21. The van der Waals surface area contributed by atoms with Gasteiger partial charge >= 0.3 is 6.01 Å². The van der Waals surface area contributed by atoms with Crippen molar-refractivity contribution in [1.29, 1.82) is 0 Å². The van der Waals surface area contributed by atoms with E-state index >= 15 is 0 Å². The highest BCUT2D eigenvalue weighted by Crippen LogP contribution is 2.29. The molecule has 2 fully saturated rings. The molecule has 0 spiro atoms.